The molecule has 2 fully saturated rings. The van der Waals surface area contributed by atoms with Crippen LogP contribution in [0.25, 0.3) is 0 Å². The Hall–Kier alpha value is -1.86. The highest BCUT2D eigenvalue weighted by Gasteiger charge is 2.30. The standard InChI is InChI=1S/C20H29N5OS/c1-3-24-19(16-9-10-16)21-25(20(24)27)15-22-11-13-23(14-12-22)17-7-5-6-8-18(17)26-4-2/h5-8,16H,3-4,9-15H2,1-2H3/p+1. The maximum absolute atomic E-state index is 5.81. The molecule has 27 heavy (non-hydrogen) atoms. The van der Waals surface area contributed by atoms with Crippen molar-refractivity contribution < 1.29 is 9.64 Å². The summed E-state index contributed by atoms with van der Waals surface area (Å²) in [6.07, 6.45) is 2.52. The van der Waals surface area contributed by atoms with Gasteiger partial charge in [-0.15, -0.1) is 0 Å². The van der Waals surface area contributed by atoms with Gasteiger partial charge in [-0.05, 0) is 51.0 Å². The van der Waals surface area contributed by atoms with Gasteiger partial charge in [0.2, 0.25) is 4.77 Å². The van der Waals surface area contributed by atoms with Gasteiger partial charge in [-0.25, -0.2) is 0 Å². The second kappa shape index (κ2) is 8.02. The summed E-state index contributed by atoms with van der Waals surface area (Å²) < 4.78 is 11.0. The van der Waals surface area contributed by atoms with Gasteiger partial charge in [0.05, 0.1) is 38.5 Å². The van der Waals surface area contributed by atoms with Crippen LogP contribution < -0.4 is 14.5 Å². The zero-order valence-corrected chi connectivity index (χ0v) is 17.2. The molecule has 1 saturated heterocycles. The number of quaternary nitrogens is 1. The van der Waals surface area contributed by atoms with Crippen molar-refractivity contribution in [3.63, 3.8) is 0 Å². The minimum Gasteiger partial charge on any atom is -0.492 e. The van der Waals surface area contributed by atoms with Crippen LogP contribution in [0.4, 0.5) is 5.69 Å². The Kier molecular flexibility index (Phi) is 5.50. The quantitative estimate of drug-likeness (QED) is 0.737. The summed E-state index contributed by atoms with van der Waals surface area (Å²) in [5.74, 6) is 2.82. The third kappa shape index (κ3) is 3.89. The first-order valence-electron chi connectivity index (χ1n) is 10.2. The lowest BCUT2D eigenvalue weighted by Crippen LogP contribution is -3.14. The molecule has 6 nitrogen and oxygen atoms in total. The lowest BCUT2D eigenvalue weighted by Gasteiger charge is -2.34. The monoisotopic (exact) mass is 388 g/mol. The highest BCUT2D eigenvalue weighted by molar-refractivity contribution is 7.71. The number of ether oxygens (including phenoxy) is 1. The predicted molar refractivity (Wildman–Crippen MR) is 109 cm³/mol. The number of nitrogens with one attached hydrogen (secondary N) is 1. The van der Waals surface area contributed by atoms with Crippen LogP contribution in [-0.2, 0) is 13.2 Å². The van der Waals surface area contributed by atoms with Gasteiger partial charge in [0.15, 0.2) is 6.67 Å². The van der Waals surface area contributed by atoms with Crippen LogP contribution >= 0.6 is 12.2 Å². The van der Waals surface area contributed by atoms with E-state index in [1.807, 2.05) is 13.0 Å². The molecule has 4 rings (SSSR count). The average Bonchev–Trinajstić information content (AvgIpc) is 3.49. The van der Waals surface area contributed by atoms with Gasteiger partial charge in [0, 0.05) is 12.5 Å². The van der Waals surface area contributed by atoms with E-state index in [0.29, 0.717) is 12.5 Å². The van der Waals surface area contributed by atoms with Crippen LogP contribution in [0.3, 0.4) is 0 Å². The lowest BCUT2D eigenvalue weighted by molar-refractivity contribution is -0.924. The molecule has 1 aromatic heterocycles. The average molecular weight is 389 g/mol. The number of rotatable bonds is 7. The van der Waals surface area contributed by atoms with Gasteiger partial charge in [-0.2, -0.15) is 9.78 Å². The van der Waals surface area contributed by atoms with Gasteiger partial charge in [-0.3, -0.25) is 0 Å². The second-order valence-electron chi connectivity index (χ2n) is 7.45. The number of nitrogens with zero attached hydrogens (tertiary/aromatic N) is 4. The van der Waals surface area contributed by atoms with Gasteiger partial charge in [0.1, 0.15) is 11.6 Å². The molecule has 0 spiro atoms. The van der Waals surface area contributed by atoms with Crippen molar-refractivity contribution in [2.24, 2.45) is 0 Å². The van der Waals surface area contributed by atoms with Crippen LogP contribution in [0.2, 0.25) is 0 Å². The topological polar surface area (TPSA) is 39.7 Å². The Labute approximate surface area is 166 Å². The lowest BCUT2D eigenvalue weighted by atomic mass is 10.2. The Balaban J connectivity index is 1.41. The molecule has 7 heteroatoms. The van der Waals surface area contributed by atoms with E-state index < -0.39 is 0 Å². The van der Waals surface area contributed by atoms with Crippen molar-refractivity contribution in [2.45, 2.75) is 45.8 Å². The number of anilines is 1. The molecule has 1 aromatic carbocycles. The number of piperazine rings is 1. The normalized spacial score (nSPS) is 18.1. The van der Waals surface area contributed by atoms with Crippen molar-refractivity contribution >= 4 is 17.9 Å². The third-order valence-corrected chi connectivity index (χ3v) is 5.99. The Morgan fingerprint density at radius 1 is 1.19 bits per heavy atom. The summed E-state index contributed by atoms with van der Waals surface area (Å²) in [6.45, 7) is 10.9. The van der Waals surface area contributed by atoms with E-state index in [4.69, 9.17) is 22.1 Å². The minimum atomic E-state index is 0.634. The maximum Gasteiger partial charge on any atom is 0.202 e. The summed E-state index contributed by atoms with van der Waals surface area (Å²) in [5.41, 5.74) is 1.21. The molecule has 146 valence electrons. The van der Waals surface area contributed by atoms with Crippen molar-refractivity contribution in [2.75, 3.05) is 37.7 Å². The van der Waals surface area contributed by atoms with E-state index in [1.165, 1.54) is 24.4 Å². The third-order valence-electron chi connectivity index (χ3n) is 5.56. The summed E-state index contributed by atoms with van der Waals surface area (Å²) in [4.78, 5) is 3.98. The van der Waals surface area contributed by atoms with Crippen LogP contribution in [-0.4, -0.2) is 47.1 Å². The largest absolute Gasteiger partial charge is 0.492 e. The molecule has 0 atom stereocenters. The van der Waals surface area contributed by atoms with Crippen LogP contribution in [0.15, 0.2) is 24.3 Å². The first-order valence-corrected chi connectivity index (χ1v) is 10.6. The van der Waals surface area contributed by atoms with Crippen molar-refractivity contribution in [3.8, 4) is 5.75 Å². The summed E-state index contributed by atoms with van der Waals surface area (Å²) in [5, 5.41) is 4.87. The van der Waals surface area contributed by atoms with E-state index in [0.717, 1.165) is 49.9 Å². The first kappa shape index (κ1) is 18.5. The number of aromatic nitrogens is 3. The zero-order chi connectivity index (χ0) is 18.8. The van der Waals surface area contributed by atoms with E-state index in [2.05, 4.69) is 39.3 Å². The smallest absolute Gasteiger partial charge is 0.202 e. The highest BCUT2D eigenvalue weighted by Crippen LogP contribution is 2.39. The Morgan fingerprint density at radius 3 is 2.59 bits per heavy atom. The molecule has 0 unspecified atom stereocenters. The van der Waals surface area contributed by atoms with Gasteiger partial charge >= 0.3 is 0 Å². The molecule has 2 aliphatic rings. The van der Waals surface area contributed by atoms with Crippen molar-refractivity contribution in [3.05, 3.63) is 34.9 Å². The summed E-state index contributed by atoms with van der Waals surface area (Å²) in [6, 6.07) is 8.36. The molecule has 1 aliphatic carbocycles. The molecule has 1 N–H and O–H groups in total. The molecule has 0 amide bonds. The number of para-hydroxylation sites is 2. The number of hydrogen-bond donors (Lipinski definition) is 1. The fraction of sp³-hybridized carbons (Fsp3) is 0.600. The molecule has 0 bridgehead atoms. The molecule has 1 aliphatic heterocycles. The summed E-state index contributed by atoms with van der Waals surface area (Å²) >= 11 is 5.70. The SMILES string of the molecule is CCOc1ccccc1N1CC[NH+](Cn2nc(C3CC3)n(CC)c2=S)CC1. The van der Waals surface area contributed by atoms with E-state index in [1.54, 1.807) is 4.90 Å². The molecular formula is C20H30N5OS+. The van der Waals surface area contributed by atoms with Crippen LogP contribution in [0.1, 0.15) is 38.4 Å². The number of benzene rings is 1. The van der Waals surface area contributed by atoms with Crippen LogP contribution in [0, 0.1) is 4.77 Å². The van der Waals surface area contributed by atoms with E-state index in [-0.39, 0.29) is 0 Å². The second-order valence-corrected chi connectivity index (χ2v) is 7.82. The molecule has 2 aromatic rings. The number of hydrogen-bond acceptors (Lipinski definition) is 4. The fourth-order valence-corrected chi connectivity index (χ4v) is 4.26. The van der Waals surface area contributed by atoms with Gasteiger partial charge in [-0.1, -0.05) is 12.1 Å². The van der Waals surface area contributed by atoms with Crippen molar-refractivity contribution in [1.29, 1.82) is 0 Å². The first-order chi connectivity index (χ1) is 13.2. The highest BCUT2D eigenvalue weighted by atomic mass is 32.1. The van der Waals surface area contributed by atoms with Crippen molar-refractivity contribution in [1.82, 2.24) is 14.3 Å². The van der Waals surface area contributed by atoms with Gasteiger partial charge in [0.25, 0.3) is 0 Å². The van der Waals surface area contributed by atoms with Gasteiger partial charge < -0.3 is 19.1 Å². The molecular weight excluding hydrogens is 358 g/mol. The zero-order valence-electron chi connectivity index (χ0n) is 16.4. The van der Waals surface area contributed by atoms with E-state index >= 15 is 0 Å². The minimum absolute atomic E-state index is 0.634. The Morgan fingerprint density at radius 2 is 1.93 bits per heavy atom. The fourth-order valence-electron chi connectivity index (χ4n) is 3.93. The van der Waals surface area contributed by atoms with Crippen LogP contribution in [0.5, 0.6) is 5.75 Å². The molecule has 1 saturated carbocycles. The Bertz CT molecular complexity index is 833. The molecule has 0 radical (unpaired) electrons. The maximum atomic E-state index is 5.81. The van der Waals surface area contributed by atoms with E-state index in [9.17, 15) is 0 Å². The summed E-state index contributed by atoms with van der Waals surface area (Å²) in [7, 11) is 0. The predicted octanol–water partition coefficient (Wildman–Crippen LogP) is 2.07. The molecule has 2 heterocycles.